The van der Waals surface area contributed by atoms with Gasteiger partial charge in [-0.3, -0.25) is 0 Å². The number of nitrogens with one attached hydrogen (secondary N) is 1. The second-order valence-corrected chi connectivity index (χ2v) is 5.71. The van der Waals surface area contributed by atoms with Crippen molar-refractivity contribution >= 4 is 28.4 Å². The van der Waals surface area contributed by atoms with E-state index in [1.165, 1.54) is 0 Å². The van der Waals surface area contributed by atoms with Gasteiger partial charge in [0.25, 0.3) is 0 Å². The van der Waals surface area contributed by atoms with Gasteiger partial charge in [0.1, 0.15) is 5.82 Å². The van der Waals surface area contributed by atoms with E-state index in [1.54, 1.807) is 6.92 Å². The summed E-state index contributed by atoms with van der Waals surface area (Å²) in [7, 11) is 3.93. The molecule has 0 spiro atoms. The van der Waals surface area contributed by atoms with E-state index in [-0.39, 0.29) is 0 Å². The summed E-state index contributed by atoms with van der Waals surface area (Å²) in [5.41, 5.74) is 2.59. The number of hydrogen-bond acceptors (Lipinski definition) is 5. The van der Waals surface area contributed by atoms with E-state index in [4.69, 9.17) is 0 Å². The molecule has 0 aliphatic heterocycles. The van der Waals surface area contributed by atoms with Crippen molar-refractivity contribution in [3.8, 4) is 0 Å². The lowest BCUT2D eigenvalue weighted by Gasteiger charge is -2.16. The van der Waals surface area contributed by atoms with Gasteiger partial charge in [0, 0.05) is 25.2 Å². The van der Waals surface area contributed by atoms with Gasteiger partial charge < -0.3 is 15.3 Å². The molecule has 2 N–H and O–H groups in total. The summed E-state index contributed by atoms with van der Waals surface area (Å²) in [6.07, 6.45) is -0.508. The molecule has 1 heterocycles. The lowest BCUT2D eigenvalue weighted by molar-refractivity contribution is 0.199. The Hall–Kier alpha value is -2.66. The second-order valence-electron chi connectivity index (χ2n) is 5.71. The summed E-state index contributed by atoms with van der Waals surface area (Å²) in [5.74, 6) is 1.40. The van der Waals surface area contributed by atoms with Crippen LogP contribution in [0.4, 0.5) is 17.5 Å². The summed E-state index contributed by atoms with van der Waals surface area (Å²) in [4.78, 5) is 11.2. The summed E-state index contributed by atoms with van der Waals surface area (Å²) in [6.45, 7) is 1.75. The third-order valence-corrected chi connectivity index (χ3v) is 3.63. The molecule has 1 atom stereocenters. The summed E-state index contributed by atoms with van der Waals surface area (Å²) < 4.78 is 0. The molecule has 0 saturated heterocycles. The smallest absolute Gasteiger partial charge is 0.229 e. The van der Waals surface area contributed by atoms with Crippen molar-refractivity contribution in [3.05, 3.63) is 54.1 Å². The van der Waals surface area contributed by atoms with E-state index in [2.05, 4.69) is 15.3 Å². The summed E-state index contributed by atoms with van der Waals surface area (Å²) in [6, 6.07) is 15.6. The van der Waals surface area contributed by atoms with Crippen LogP contribution < -0.4 is 10.2 Å². The fourth-order valence-corrected chi connectivity index (χ4v) is 2.46. The van der Waals surface area contributed by atoms with Crippen molar-refractivity contribution in [3.63, 3.8) is 0 Å². The second kappa shape index (κ2) is 6.22. The largest absolute Gasteiger partial charge is 0.389 e. The maximum atomic E-state index is 9.71. The zero-order valence-electron chi connectivity index (χ0n) is 13.5. The number of aromatic nitrogens is 2. The quantitative estimate of drug-likeness (QED) is 0.772. The SMILES string of the molecule is CC(O)c1cccc(Nc2nc(N(C)C)c3ccccc3n2)c1. The molecule has 0 bridgehead atoms. The average Bonchev–Trinajstić information content (AvgIpc) is 2.54. The number of fused-ring (bicyclic) bond motifs is 1. The predicted octanol–water partition coefficient (Wildman–Crippen LogP) is 3.49. The van der Waals surface area contributed by atoms with E-state index in [9.17, 15) is 5.11 Å². The zero-order chi connectivity index (χ0) is 16.4. The Labute approximate surface area is 135 Å². The molecule has 1 aromatic heterocycles. The molecule has 23 heavy (non-hydrogen) atoms. The molecule has 0 saturated carbocycles. The van der Waals surface area contributed by atoms with Crippen molar-refractivity contribution in [2.45, 2.75) is 13.0 Å². The molecule has 0 fully saturated rings. The number of nitrogens with zero attached hydrogens (tertiary/aromatic N) is 3. The minimum absolute atomic E-state index is 0.508. The van der Waals surface area contributed by atoms with Crippen molar-refractivity contribution in [1.82, 2.24) is 9.97 Å². The average molecular weight is 308 g/mol. The van der Waals surface area contributed by atoms with Crippen LogP contribution in [-0.2, 0) is 0 Å². The maximum Gasteiger partial charge on any atom is 0.229 e. The molecule has 0 aliphatic rings. The Bertz CT molecular complexity index is 830. The molecule has 3 aromatic rings. The zero-order valence-corrected chi connectivity index (χ0v) is 13.5. The Morgan fingerprint density at radius 2 is 1.83 bits per heavy atom. The molecule has 5 nitrogen and oxygen atoms in total. The summed E-state index contributed by atoms with van der Waals surface area (Å²) in [5, 5.41) is 13.9. The van der Waals surface area contributed by atoms with Crippen LogP contribution in [0, 0.1) is 0 Å². The Morgan fingerprint density at radius 1 is 1.04 bits per heavy atom. The van der Waals surface area contributed by atoms with Crippen LogP contribution >= 0.6 is 0 Å². The van der Waals surface area contributed by atoms with Crippen LogP contribution in [0.2, 0.25) is 0 Å². The first-order valence-electron chi connectivity index (χ1n) is 7.54. The lowest BCUT2D eigenvalue weighted by Crippen LogP contribution is -2.13. The highest BCUT2D eigenvalue weighted by atomic mass is 16.3. The van der Waals surface area contributed by atoms with Gasteiger partial charge in [-0.05, 0) is 36.8 Å². The molecular formula is C18H20N4O. The number of aliphatic hydroxyl groups excluding tert-OH is 1. The fourth-order valence-electron chi connectivity index (χ4n) is 2.46. The van der Waals surface area contributed by atoms with Gasteiger partial charge in [-0.25, -0.2) is 4.98 Å². The van der Waals surface area contributed by atoms with Gasteiger partial charge in [0.15, 0.2) is 0 Å². The minimum atomic E-state index is -0.508. The molecular weight excluding hydrogens is 288 g/mol. The van der Waals surface area contributed by atoms with Crippen molar-refractivity contribution in [2.75, 3.05) is 24.3 Å². The Kier molecular flexibility index (Phi) is 4.12. The number of anilines is 3. The van der Waals surface area contributed by atoms with Crippen LogP contribution in [0.15, 0.2) is 48.5 Å². The molecule has 1 unspecified atom stereocenters. The number of hydrogen-bond donors (Lipinski definition) is 2. The van der Waals surface area contributed by atoms with Crippen molar-refractivity contribution in [1.29, 1.82) is 0 Å². The van der Waals surface area contributed by atoms with E-state index in [1.807, 2.05) is 67.5 Å². The lowest BCUT2D eigenvalue weighted by atomic mass is 10.1. The number of para-hydroxylation sites is 1. The Balaban J connectivity index is 2.02. The van der Waals surface area contributed by atoms with Crippen LogP contribution in [-0.4, -0.2) is 29.2 Å². The summed E-state index contributed by atoms with van der Waals surface area (Å²) >= 11 is 0. The van der Waals surface area contributed by atoms with Crippen LogP contribution in [0.5, 0.6) is 0 Å². The number of benzene rings is 2. The first-order valence-corrected chi connectivity index (χ1v) is 7.54. The molecule has 0 radical (unpaired) electrons. The maximum absolute atomic E-state index is 9.71. The van der Waals surface area contributed by atoms with Gasteiger partial charge >= 0.3 is 0 Å². The number of rotatable bonds is 4. The van der Waals surface area contributed by atoms with Crippen LogP contribution in [0.3, 0.4) is 0 Å². The van der Waals surface area contributed by atoms with Gasteiger partial charge in [0.2, 0.25) is 5.95 Å². The Morgan fingerprint density at radius 3 is 2.57 bits per heavy atom. The van der Waals surface area contributed by atoms with E-state index in [0.717, 1.165) is 28.0 Å². The monoisotopic (exact) mass is 308 g/mol. The molecule has 0 amide bonds. The first kappa shape index (κ1) is 15.2. The molecule has 5 heteroatoms. The molecule has 118 valence electrons. The van der Waals surface area contributed by atoms with E-state index >= 15 is 0 Å². The topological polar surface area (TPSA) is 61.3 Å². The van der Waals surface area contributed by atoms with E-state index in [0.29, 0.717) is 5.95 Å². The first-order chi connectivity index (χ1) is 11.0. The standard InChI is InChI=1S/C18H20N4O/c1-12(23)13-7-6-8-14(11-13)19-18-20-16-10-5-4-9-15(16)17(21-18)22(2)3/h4-12,23H,1-3H3,(H,19,20,21). The van der Waals surface area contributed by atoms with Crippen molar-refractivity contribution in [2.24, 2.45) is 0 Å². The van der Waals surface area contributed by atoms with Gasteiger partial charge in [-0.1, -0.05) is 24.3 Å². The van der Waals surface area contributed by atoms with Gasteiger partial charge in [-0.15, -0.1) is 0 Å². The van der Waals surface area contributed by atoms with Gasteiger partial charge in [-0.2, -0.15) is 4.98 Å². The van der Waals surface area contributed by atoms with Crippen LogP contribution in [0.25, 0.3) is 10.9 Å². The molecule has 3 rings (SSSR count). The van der Waals surface area contributed by atoms with Gasteiger partial charge in [0.05, 0.1) is 11.6 Å². The normalized spacial score (nSPS) is 12.2. The van der Waals surface area contributed by atoms with E-state index < -0.39 is 6.10 Å². The minimum Gasteiger partial charge on any atom is -0.389 e. The van der Waals surface area contributed by atoms with Crippen LogP contribution in [0.1, 0.15) is 18.6 Å². The predicted molar refractivity (Wildman–Crippen MR) is 94.2 cm³/mol. The molecule has 2 aromatic carbocycles. The highest BCUT2D eigenvalue weighted by molar-refractivity contribution is 5.90. The fraction of sp³-hybridized carbons (Fsp3) is 0.222. The third kappa shape index (κ3) is 3.24. The molecule has 0 aliphatic carbocycles. The highest BCUT2D eigenvalue weighted by Crippen LogP contribution is 2.26. The third-order valence-electron chi connectivity index (χ3n) is 3.63. The highest BCUT2D eigenvalue weighted by Gasteiger charge is 2.10. The number of aliphatic hydroxyl groups is 1. The van der Waals surface area contributed by atoms with Crippen molar-refractivity contribution < 1.29 is 5.11 Å².